The fraction of sp³-hybridized carbons (Fsp3) is 0.500. The first-order valence-corrected chi connectivity index (χ1v) is 5.56. The molecule has 1 aromatic rings. The highest BCUT2D eigenvalue weighted by Gasteiger charge is 2.34. The van der Waals surface area contributed by atoms with E-state index < -0.39 is 11.7 Å². The molecule has 2 unspecified atom stereocenters. The van der Waals surface area contributed by atoms with Crippen molar-refractivity contribution in [2.45, 2.75) is 37.7 Å². The van der Waals surface area contributed by atoms with Crippen molar-refractivity contribution in [3.63, 3.8) is 0 Å². The molecule has 0 bridgehead atoms. The van der Waals surface area contributed by atoms with Crippen molar-refractivity contribution in [2.75, 3.05) is 0 Å². The van der Waals surface area contributed by atoms with Crippen LogP contribution in [0.5, 0.6) is 0 Å². The van der Waals surface area contributed by atoms with Crippen LogP contribution in [0.3, 0.4) is 0 Å². The number of benzene rings is 1. The molecule has 0 fully saturated rings. The molecule has 0 aliphatic rings. The van der Waals surface area contributed by atoms with Crippen molar-refractivity contribution >= 4 is 11.6 Å². The van der Waals surface area contributed by atoms with Gasteiger partial charge < -0.3 is 0 Å². The lowest BCUT2D eigenvalue weighted by Crippen LogP contribution is -2.12. The molecule has 1 rings (SSSR count). The maximum atomic E-state index is 12.7. The van der Waals surface area contributed by atoms with Gasteiger partial charge in [0, 0.05) is 5.38 Å². The van der Waals surface area contributed by atoms with E-state index in [9.17, 15) is 13.2 Å². The highest BCUT2D eigenvalue weighted by molar-refractivity contribution is 6.20. The molecule has 0 nitrogen and oxygen atoms in total. The second kappa shape index (κ2) is 5.09. The largest absolute Gasteiger partial charge is 0.416 e. The average Bonchev–Trinajstić information content (AvgIpc) is 2.15. The van der Waals surface area contributed by atoms with E-state index in [1.807, 2.05) is 0 Å². The van der Waals surface area contributed by atoms with Gasteiger partial charge in [-0.1, -0.05) is 25.1 Å². The average molecular weight is 251 g/mol. The maximum Gasteiger partial charge on any atom is 0.416 e. The van der Waals surface area contributed by atoms with Gasteiger partial charge in [0.2, 0.25) is 0 Å². The summed E-state index contributed by atoms with van der Waals surface area (Å²) >= 11 is 5.81. The highest BCUT2D eigenvalue weighted by Crippen LogP contribution is 2.36. The number of hydrogen-bond acceptors (Lipinski definition) is 0. The van der Waals surface area contributed by atoms with Crippen molar-refractivity contribution in [1.82, 2.24) is 0 Å². The Hall–Kier alpha value is -0.700. The Bertz CT molecular complexity index is 344. The van der Waals surface area contributed by atoms with Crippen LogP contribution in [0.1, 0.15) is 37.3 Å². The predicted octanol–water partition coefficient (Wildman–Crippen LogP) is 4.83. The second-order valence-electron chi connectivity index (χ2n) is 4.00. The molecule has 0 heterocycles. The molecule has 0 spiro atoms. The van der Waals surface area contributed by atoms with Crippen LogP contribution in [-0.2, 0) is 6.18 Å². The van der Waals surface area contributed by atoms with E-state index in [1.165, 1.54) is 12.1 Å². The summed E-state index contributed by atoms with van der Waals surface area (Å²) in [7, 11) is 0. The summed E-state index contributed by atoms with van der Waals surface area (Å²) in [6, 6.07) is 5.67. The lowest BCUT2D eigenvalue weighted by Gasteiger charge is -2.19. The number of alkyl halides is 4. The van der Waals surface area contributed by atoms with Crippen LogP contribution in [0.25, 0.3) is 0 Å². The zero-order valence-electron chi connectivity index (χ0n) is 9.18. The molecule has 0 aliphatic heterocycles. The Morgan fingerprint density at radius 2 is 1.75 bits per heavy atom. The van der Waals surface area contributed by atoms with Gasteiger partial charge in [0.15, 0.2) is 0 Å². The number of rotatable bonds is 3. The van der Waals surface area contributed by atoms with E-state index in [-0.39, 0.29) is 11.3 Å². The second-order valence-corrected chi connectivity index (χ2v) is 4.75. The van der Waals surface area contributed by atoms with E-state index >= 15 is 0 Å². The van der Waals surface area contributed by atoms with Crippen molar-refractivity contribution in [2.24, 2.45) is 0 Å². The van der Waals surface area contributed by atoms with E-state index in [0.29, 0.717) is 12.0 Å². The van der Waals surface area contributed by atoms with Gasteiger partial charge in [0.05, 0.1) is 5.56 Å². The molecule has 0 aliphatic carbocycles. The molecule has 0 amide bonds. The molecular weight excluding hydrogens is 237 g/mol. The topological polar surface area (TPSA) is 0 Å². The Kier molecular flexibility index (Phi) is 4.25. The fourth-order valence-corrected chi connectivity index (χ4v) is 2.07. The number of halogens is 4. The quantitative estimate of drug-likeness (QED) is 0.675. The van der Waals surface area contributed by atoms with E-state index in [0.717, 1.165) is 6.07 Å². The van der Waals surface area contributed by atoms with Gasteiger partial charge in [-0.25, -0.2) is 0 Å². The van der Waals surface area contributed by atoms with Crippen molar-refractivity contribution in [3.8, 4) is 0 Å². The molecule has 2 atom stereocenters. The molecule has 0 saturated heterocycles. The minimum absolute atomic E-state index is 0.128. The summed E-state index contributed by atoms with van der Waals surface area (Å²) in [4.78, 5) is 0. The lowest BCUT2D eigenvalue weighted by molar-refractivity contribution is -0.138. The zero-order valence-corrected chi connectivity index (χ0v) is 9.94. The Morgan fingerprint density at radius 1 is 1.19 bits per heavy atom. The van der Waals surface area contributed by atoms with Crippen LogP contribution < -0.4 is 0 Å². The van der Waals surface area contributed by atoms with Crippen molar-refractivity contribution in [1.29, 1.82) is 0 Å². The first-order chi connectivity index (χ1) is 7.32. The molecule has 0 saturated carbocycles. The molecular formula is C12H14ClF3. The Labute approximate surface area is 98.4 Å². The van der Waals surface area contributed by atoms with Crippen LogP contribution in [-0.4, -0.2) is 5.38 Å². The van der Waals surface area contributed by atoms with Crippen LogP contribution >= 0.6 is 11.6 Å². The number of hydrogen-bond donors (Lipinski definition) is 0. The zero-order chi connectivity index (χ0) is 12.3. The molecule has 90 valence electrons. The van der Waals surface area contributed by atoms with Gasteiger partial charge in [0.25, 0.3) is 0 Å². The summed E-state index contributed by atoms with van der Waals surface area (Å²) < 4.78 is 38.1. The van der Waals surface area contributed by atoms with Crippen molar-refractivity contribution < 1.29 is 13.2 Å². The third-order valence-corrected chi connectivity index (χ3v) is 2.65. The summed E-state index contributed by atoms with van der Waals surface area (Å²) in [5.41, 5.74) is -0.234. The first kappa shape index (κ1) is 13.4. The summed E-state index contributed by atoms with van der Waals surface area (Å²) in [5, 5.41) is -0.128. The van der Waals surface area contributed by atoms with Crippen molar-refractivity contribution in [3.05, 3.63) is 35.4 Å². The molecule has 0 aromatic heterocycles. The molecule has 1 aromatic carbocycles. The Balaban J connectivity index is 3.04. The standard InChI is InChI=1S/C12H14ClF3/c1-8(7-9(2)13)10-5-3-4-6-11(10)12(14,15)16/h3-6,8-9H,7H2,1-2H3. The highest BCUT2D eigenvalue weighted by atomic mass is 35.5. The van der Waals surface area contributed by atoms with Gasteiger partial charge in [0.1, 0.15) is 0 Å². The van der Waals surface area contributed by atoms with Crippen LogP contribution in [0.2, 0.25) is 0 Å². The predicted molar refractivity (Wildman–Crippen MR) is 59.8 cm³/mol. The van der Waals surface area contributed by atoms with Gasteiger partial charge >= 0.3 is 6.18 Å². The summed E-state index contributed by atoms with van der Waals surface area (Å²) in [6.45, 7) is 3.55. The monoisotopic (exact) mass is 250 g/mol. The normalized spacial score (nSPS) is 15.9. The van der Waals surface area contributed by atoms with Gasteiger partial charge in [-0.3, -0.25) is 0 Å². The fourth-order valence-electron chi connectivity index (χ4n) is 1.80. The van der Waals surface area contributed by atoms with E-state index in [4.69, 9.17) is 11.6 Å². The smallest absolute Gasteiger partial charge is 0.166 e. The summed E-state index contributed by atoms with van der Waals surface area (Å²) in [5.74, 6) is -0.190. The van der Waals surface area contributed by atoms with E-state index in [2.05, 4.69) is 0 Å². The maximum absolute atomic E-state index is 12.7. The molecule has 0 radical (unpaired) electrons. The molecule has 4 heteroatoms. The SMILES string of the molecule is CC(Cl)CC(C)c1ccccc1C(F)(F)F. The van der Waals surface area contributed by atoms with Crippen LogP contribution in [0.15, 0.2) is 24.3 Å². The molecule has 0 N–H and O–H groups in total. The van der Waals surface area contributed by atoms with Gasteiger partial charge in [-0.2, -0.15) is 13.2 Å². The molecule has 16 heavy (non-hydrogen) atoms. The minimum Gasteiger partial charge on any atom is -0.166 e. The van der Waals surface area contributed by atoms with Gasteiger partial charge in [-0.15, -0.1) is 11.6 Å². The van der Waals surface area contributed by atoms with Gasteiger partial charge in [-0.05, 0) is 30.9 Å². The summed E-state index contributed by atoms with van der Waals surface area (Å²) in [6.07, 6.45) is -3.75. The third-order valence-electron chi connectivity index (χ3n) is 2.48. The minimum atomic E-state index is -4.29. The van der Waals surface area contributed by atoms with Crippen LogP contribution in [0, 0.1) is 0 Å². The Morgan fingerprint density at radius 3 is 2.25 bits per heavy atom. The lowest BCUT2D eigenvalue weighted by atomic mass is 9.92. The first-order valence-electron chi connectivity index (χ1n) is 5.12. The van der Waals surface area contributed by atoms with E-state index in [1.54, 1.807) is 19.9 Å². The van der Waals surface area contributed by atoms with Crippen LogP contribution in [0.4, 0.5) is 13.2 Å². The third kappa shape index (κ3) is 3.41.